The summed E-state index contributed by atoms with van der Waals surface area (Å²) in [5.41, 5.74) is -0.224. The molecule has 0 aromatic heterocycles. The molecule has 0 N–H and O–H groups in total. The van der Waals surface area contributed by atoms with Gasteiger partial charge < -0.3 is 4.90 Å². The number of rotatable bonds is 2. The van der Waals surface area contributed by atoms with Gasteiger partial charge in [-0.05, 0) is 37.6 Å². The maximum Gasteiger partial charge on any atom is 0.123 e. The van der Waals surface area contributed by atoms with Crippen molar-refractivity contribution in [1.29, 1.82) is 0 Å². The van der Waals surface area contributed by atoms with Crippen molar-refractivity contribution in [1.82, 2.24) is 4.90 Å². The number of halogens is 2. The lowest BCUT2D eigenvalue weighted by atomic mass is 9.87. The number of hydrogen-bond acceptors (Lipinski definition) is 1. The molecule has 0 atom stereocenters. The van der Waals surface area contributed by atoms with E-state index in [2.05, 4.69) is 4.90 Å². The van der Waals surface area contributed by atoms with Crippen LogP contribution in [0.4, 0.5) is 8.78 Å². The first-order chi connectivity index (χ1) is 7.57. The Kier molecular flexibility index (Phi) is 3.24. The Balaban J connectivity index is 2.00. The zero-order chi connectivity index (χ0) is 11.6. The van der Waals surface area contributed by atoms with E-state index in [1.807, 2.05) is 7.05 Å². The van der Waals surface area contributed by atoms with Crippen LogP contribution < -0.4 is 0 Å². The molecule has 0 aliphatic carbocycles. The van der Waals surface area contributed by atoms with E-state index in [-0.39, 0.29) is 5.82 Å². The lowest BCUT2D eigenvalue weighted by Gasteiger charge is -2.34. The van der Waals surface area contributed by atoms with E-state index in [9.17, 15) is 8.78 Å². The molecule has 1 fully saturated rings. The minimum atomic E-state index is -1.11. The topological polar surface area (TPSA) is 3.24 Å². The van der Waals surface area contributed by atoms with Crippen molar-refractivity contribution < 1.29 is 8.78 Å². The summed E-state index contributed by atoms with van der Waals surface area (Å²) in [5, 5.41) is 0. The number of likely N-dealkylation sites (tertiary alicyclic amines) is 1. The number of piperidine rings is 1. The van der Waals surface area contributed by atoms with Crippen LogP contribution in [0.15, 0.2) is 24.3 Å². The van der Waals surface area contributed by atoms with Crippen LogP contribution in [0.5, 0.6) is 0 Å². The van der Waals surface area contributed by atoms with E-state index >= 15 is 0 Å². The van der Waals surface area contributed by atoms with E-state index in [0.29, 0.717) is 19.3 Å². The fourth-order valence-electron chi connectivity index (χ4n) is 2.16. The van der Waals surface area contributed by atoms with Crippen molar-refractivity contribution in [2.24, 2.45) is 0 Å². The van der Waals surface area contributed by atoms with Crippen molar-refractivity contribution in [2.75, 3.05) is 20.1 Å². The molecule has 1 aromatic carbocycles. The molecule has 0 radical (unpaired) electrons. The van der Waals surface area contributed by atoms with Gasteiger partial charge in [-0.1, -0.05) is 12.1 Å². The quantitative estimate of drug-likeness (QED) is 0.748. The van der Waals surface area contributed by atoms with Gasteiger partial charge in [0.1, 0.15) is 11.5 Å². The first kappa shape index (κ1) is 11.5. The van der Waals surface area contributed by atoms with Gasteiger partial charge >= 0.3 is 0 Å². The Morgan fingerprint density at radius 2 is 1.75 bits per heavy atom. The molecule has 0 amide bonds. The Labute approximate surface area is 95.1 Å². The Morgan fingerprint density at radius 3 is 2.31 bits per heavy atom. The standard InChI is InChI=1S/C13H17F2N/c1-16-8-6-13(15,7-9-16)10-11-2-4-12(14)5-3-11/h2-5H,6-10H2,1H3. The third kappa shape index (κ3) is 2.79. The highest BCUT2D eigenvalue weighted by molar-refractivity contribution is 5.18. The summed E-state index contributed by atoms with van der Waals surface area (Å²) in [7, 11) is 2.01. The molecule has 16 heavy (non-hydrogen) atoms. The monoisotopic (exact) mass is 225 g/mol. The van der Waals surface area contributed by atoms with E-state index in [1.54, 1.807) is 12.1 Å². The molecule has 2 rings (SSSR count). The van der Waals surface area contributed by atoms with Gasteiger partial charge in [0, 0.05) is 19.5 Å². The molecule has 0 spiro atoms. The second-order valence-corrected chi connectivity index (χ2v) is 4.76. The van der Waals surface area contributed by atoms with Gasteiger partial charge in [0.15, 0.2) is 0 Å². The number of hydrogen-bond donors (Lipinski definition) is 0. The highest BCUT2D eigenvalue weighted by atomic mass is 19.1. The van der Waals surface area contributed by atoms with Crippen molar-refractivity contribution >= 4 is 0 Å². The highest BCUT2D eigenvalue weighted by Crippen LogP contribution is 2.29. The summed E-state index contributed by atoms with van der Waals surface area (Å²) in [6, 6.07) is 6.14. The first-order valence-corrected chi connectivity index (χ1v) is 5.69. The SMILES string of the molecule is CN1CCC(F)(Cc2ccc(F)cc2)CC1. The van der Waals surface area contributed by atoms with E-state index in [0.717, 1.165) is 18.7 Å². The zero-order valence-electron chi connectivity index (χ0n) is 9.55. The predicted octanol–water partition coefficient (Wildman–Crippen LogP) is 2.80. The lowest BCUT2D eigenvalue weighted by molar-refractivity contribution is 0.0697. The van der Waals surface area contributed by atoms with Crippen LogP contribution in [-0.4, -0.2) is 30.7 Å². The summed E-state index contributed by atoms with van der Waals surface area (Å²) >= 11 is 0. The van der Waals surface area contributed by atoms with Gasteiger partial charge in [0.2, 0.25) is 0 Å². The lowest BCUT2D eigenvalue weighted by Crippen LogP contribution is -2.41. The molecule has 1 aliphatic rings. The maximum atomic E-state index is 14.4. The normalized spacial score (nSPS) is 20.9. The first-order valence-electron chi connectivity index (χ1n) is 5.69. The van der Waals surface area contributed by atoms with Gasteiger partial charge in [-0.3, -0.25) is 0 Å². The maximum absolute atomic E-state index is 14.4. The summed E-state index contributed by atoms with van der Waals surface area (Å²) in [6.45, 7) is 1.61. The van der Waals surface area contributed by atoms with Crippen LogP contribution >= 0.6 is 0 Å². The average Bonchev–Trinajstić information content (AvgIpc) is 2.27. The van der Waals surface area contributed by atoms with Gasteiger partial charge in [-0.2, -0.15) is 0 Å². The Morgan fingerprint density at radius 1 is 1.19 bits per heavy atom. The molecule has 0 unspecified atom stereocenters. The van der Waals surface area contributed by atoms with Crippen LogP contribution in [0.3, 0.4) is 0 Å². The van der Waals surface area contributed by atoms with E-state index in [1.165, 1.54) is 12.1 Å². The van der Waals surface area contributed by atoms with Crippen molar-refractivity contribution in [3.8, 4) is 0 Å². The fraction of sp³-hybridized carbons (Fsp3) is 0.538. The second kappa shape index (κ2) is 4.50. The van der Waals surface area contributed by atoms with Gasteiger partial charge in [-0.25, -0.2) is 8.78 Å². The molecule has 1 nitrogen and oxygen atoms in total. The van der Waals surface area contributed by atoms with Crippen LogP contribution in [0.25, 0.3) is 0 Å². The fourth-order valence-corrected chi connectivity index (χ4v) is 2.16. The van der Waals surface area contributed by atoms with Crippen LogP contribution in [0.2, 0.25) is 0 Å². The van der Waals surface area contributed by atoms with Gasteiger partial charge in [0.25, 0.3) is 0 Å². The minimum absolute atomic E-state index is 0.264. The summed E-state index contributed by atoms with van der Waals surface area (Å²) < 4.78 is 27.1. The minimum Gasteiger partial charge on any atom is -0.306 e. The smallest absolute Gasteiger partial charge is 0.123 e. The predicted molar refractivity (Wildman–Crippen MR) is 60.7 cm³/mol. The Bertz CT molecular complexity index is 339. The van der Waals surface area contributed by atoms with Crippen molar-refractivity contribution in [2.45, 2.75) is 24.9 Å². The third-order valence-electron chi connectivity index (χ3n) is 3.32. The van der Waals surface area contributed by atoms with Crippen LogP contribution in [0.1, 0.15) is 18.4 Å². The van der Waals surface area contributed by atoms with E-state index < -0.39 is 5.67 Å². The molecule has 1 aliphatic heterocycles. The molecule has 1 heterocycles. The van der Waals surface area contributed by atoms with Crippen molar-refractivity contribution in [3.05, 3.63) is 35.6 Å². The largest absolute Gasteiger partial charge is 0.306 e. The van der Waals surface area contributed by atoms with Gasteiger partial charge in [0.05, 0.1) is 0 Å². The highest BCUT2D eigenvalue weighted by Gasteiger charge is 2.33. The molecular formula is C13H17F2N. The van der Waals surface area contributed by atoms with Gasteiger partial charge in [-0.15, -0.1) is 0 Å². The van der Waals surface area contributed by atoms with Crippen molar-refractivity contribution in [3.63, 3.8) is 0 Å². The second-order valence-electron chi connectivity index (χ2n) is 4.76. The molecular weight excluding hydrogens is 208 g/mol. The summed E-state index contributed by atoms with van der Waals surface area (Å²) in [6.07, 6.45) is 1.54. The number of benzene rings is 1. The molecule has 0 saturated carbocycles. The molecule has 0 bridgehead atoms. The van der Waals surface area contributed by atoms with Crippen LogP contribution in [-0.2, 0) is 6.42 Å². The average molecular weight is 225 g/mol. The zero-order valence-corrected chi connectivity index (χ0v) is 9.55. The molecule has 1 saturated heterocycles. The number of alkyl halides is 1. The van der Waals surface area contributed by atoms with Crippen LogP contribution in [0, 0.1) is 5.82 Å². The molecule has 88 valence electrons. The number of nitrogens with zero attached hydrogens (tertiary/aromatic N) is 1. The summed E-state index contributed by atoms with van der Waals surface area (Å²) in [5.74, 6) is -0.264. The summed E-state index contributed by atoms with van der Waals surface area (Å²) in [4.78, 5) is 2.14. The molecule has 3 heteroatoms. The Hall–Kier alpha value is -0.960. The van der Waals surface area contributed by atoms with E-state index in [4.69, 9.17) is 0 Å². The third-order valence-corrected chi connectivity index (χ3v) is 3.32. The molecule has 1 aromatic rings.